The maximum absolute atomic E-state index is 12.7. The molecule has 0 spiro atoms. The van der Waals surface area contributed by atoms with Gasteiger partial charge in [0.1, 0.15) is 0 Å². The number of anilines is 1. The first kappa shape index (κ1) is 15.7. The van der Waals surface area contributed by atoms with Crippen LogP contribution < -0.4 is 10.2 Å². The van der Waals surface area contributed by atoms with E-state index in [0.29, 0.717) is 11.9 Å². The molecule has 0 saturated carbocycles. The molecule has 22 heavy (non-hydrogen) atoms. The predicted octanol–water partition coefficient (Wildman–Crippen LogP) is 1.80. The zero-order valence-corrected chi connectivity index (χ0v) is 14.6. The Morgan fingerprint density at radius 3 is 2.59 bits per heavy atom. The lowest BCUT2D eigenvalue weighted by Crippen LogP contribution is -2.52. The van der Waals surface area contributed by atoms with E-state index in [-0.39, 0.29) is 5.92 Å². The first-order valence-electron chi connectivity index (χ1n) is 8.25. The van der Waals surface area contributed by atoms with Crippen molar-refractivity contribution in [2.75, 3.05) is 37.6 Å². The van der Waals surface area contributed by atoms with E-state index in [1.165, 1.54) is 4.88 Å². The molecule has 2 fully saturated rings. The van der Waals surface area contributed by atoms with Crippen molar-refractivity contribution in [3.8, 4) is 0 Å². The second kappa shape index (κ2) is 6.54. The Hall–Kier alpha value is -1.14. The van der Waals surface area contributed by atoms with Crippen LogP contribution in [0.15, 0.2) is 0 Å². The Balaban J connectivity index is 1.56. The van der Waals surface area contributed by atoms with Crippen LogP contribution in [0.25, 0.3) is 0 Å². The van der Waals surface area contributed by atoms with Gasteiger partial charge in [-0.15, -0.1) is 11.3 Å². The number of thiazole rings is 1. The van der Waals surface area contributed by atoms with Gasteiger partial charge in [0.15, 0.2) is 5.13 Å². The zero-order valence-electron chi connectivity index (χ0n) is 13.8. The Labute approximate surface area is 136 Å². The highest BCUT2D eigenvalue weighted by Gasteiger charge is 2.30. The van der Waals surface area contributed by atoms with Crippen molar-refractivity contribution in [2.45, 2.75) is 39.7 Å². The van der Waals surface area contributed by atoms with E-state index in [0.717, 1.165) is 56.4 Å². The zero-order chi connectivity index (χ0) is 15.7. The molecule has 1 aromatic rings. The molecule has 0 aromatic carbocycles. The largest absolute Gasteiger partial charge is 0.345 e. The van der Waals surface area contributed by atoms with E-state index in [4.69, 9.17) is 0 Å². The summed E-state index contributed by atoms with van der Waals surface area (Å²) in [5.74, 6) is 0.576. The maximum Gasteiger partial charge on any atom is 0.225 e. The monoisotopic (exact) mass is 322 g/mol. The summed E-state index contributed by atoms with van der Waals surface area (Å²) in [4.78, 5) is 23.0. The molecule has 1 amide bonds. The summed E-state index contributed by atoms with van der Waals surface area (Å²) in [6, 6.07) is 0.463. The summed E-state index contributed by atoms with van der Waals surface area (Å²) >= 11 is 1.76. The van der Waals surface area contributed by atoms with Crippen LogP contribution in [0.3, 0.4) is 0 Å². The SMILES string of the molecule is Cc1nc(N2CCN(C(=O)[C@H]3CCN[C@@H](C)C3)CC2)sc1C. The Morgan fingerprint density at radius 1 is 1.27 bits per heavy atom. The van der Waals surface area contributed by atoms with Crippen LogP contribution in [-0.4, -0.2) is 54.6 Å². The van der Waals surface area contributed by atoms with Gasteiger partial charge in [-0.05, 0) is 40.2 Å². The van der Waals surface area contributed by atoms with Gasteiger partial charge in [0.05, 0.1) is 5.69 Å². The fourth-order valence-electron chi connectivity index (χ4n) is 3.32. The molecular weight excluding hydrogens is 296 g/mol. The normalized spacial score (nSPS) is 26.3. The minimum atomic E-state index is 0.215. The lowest BCUT2D eigenvalue weighted by atomic mass is 9.92. The van der Waals surface area contributed by atoms with Crippen LogP contribution in [-0.2, 0) is 4.79 Å². The highest BCUT2D eigenvalue weighted by atomic mass is 32.1. The van der Waals surface area contributed by atoms with Crippen molar-refractivity contribution in [2.24, 2.45) is 5.92 Å². The third-order valence-electron chi connectivity index (χ3n) is 4.85. The first-order valence-corrected chi connectivity index (χ1v) is 9.07. The second-order valence-corrected chi connectivity index (χ2v) is 7.71. The number of piperazine rings is 1. The van der Waals surface area contributed by atoms with Crippen molar-refractivity contribution >= 4 is 22.4 Å². The summed E-state index contributed by atoms with van der Waals surface area (Å²) in [6.45, 7) is 10.8. The molecule has 0 bridgehead atoms. The second-order valence-electron chi connectivity index (χ2n) is 6.53. The Kier molecular flexibility index (Phi) is 4.68. The molecule has 0 aliphatic carbocycles. The van der Waals surface area contributed by atoms with Gasteiger partial charge in [-0.25, -0.2) is 4.98 Å². The van der Waals surface area contributed by atoms with E-state index in [1.54, 1.807) is 11.3 Å². The molecule has 2 atom stereocenters. The van der Waals surface area contributed by atoms with Crippen LogP contribution in [0.5, 0.6) is 0 Å². The van der Waals surface area contributed by atoms with Gasteiger partial charge in [-0.1, -0.05) is 0 Å². The van der Waals surface area contributed by atoms with Gasteiger partial charge in [0.25, 0.3) is 0 Å². The van der Waals surface area contributed by atoms with E-state index in [9.17, 15) is 4.79 Å². The van der Waals surface area contributed by atoms with Gasteiger partial charge in [0.2, 0.25) is 5.91 Å². The number of hydrogen-bond acceptors (Lipinski definition) is 5. The number of aromatic nitrogens is 1. The van der Waals surface area contributed by atoms with Crippen molar-refractivity contribution < 1.29 is 4.79 Å². The van der Waals surface area contributed by atoms with Gasteiger partial charge >= 0.3 is 0 Å². The molecule has 5 nitrogen and oxygen atoms in total. The molecule has 1 aromatic heterocycles. The summed E-state index contributed by atoms with van der Waals surface area (Å²) in [7, 11) is 0. The Morgan fingerprint density at radius 2 is 2.00 bits per heavy atom. The van der Waals surface area contributed by atoms with E-state index in [1.807, 2.05) is 0 Å². The molecule has 1 N–H and O–H groups in total. The summed E-state index contributed by atoms with van der Waals surface area (Å²) < 4.78 is 0. The maximum atomic E-state index is 12.7. The predicted molar refractivity (Wildman–Crippen MR) is 90.6 cm³/mol. The molecular formula is C16H26N4OS. The van der Waals surface area contributed by atoms with Crippen LogP contribution in [0.1, 0.15) is 30.3 Å². The van der Waals surface area contributed by atoms with E-state index in [2.05, 4.69) is 40.9 Å². The molecule has 3 rings (SSSR count). The number of carbonyl (C=O) groups is 1. The first-order chi connectivity index (χ1) is 10.5. The number of rotatable bonds is 2. The number of nitrogens with zero attached hydrogens (tertiary/aromatic N) is 3. The third kappa shape index (κ3) is 3.27. The topological polar surface area (TPSA) is 48.5 Å². The molecule has 122 valence electrons. The molecule has 0 unspecified atom stereocenters. The van der Waals surface area contributed by atoms with Crippen LogP contribution >= 0.6 is 11.3 Å². The van der Waals surface area contributed by atoms with Gasteiger partial charge in [-0.2, -0.15) is 0 Å². The average molecular weight is 322 g/mol. The molecule has 2 saturated heterocycles. The van der Waals surface area contributed by atoms with Crippen molar-refractivity contribution in [3.63, 3.8) is 0 Å². The standard InChI is InChI=1S/C16H26N4OS/c1-11-10-14(4-5-17-11)15(21)19-6-8-20(9-7-19)16-18-12(2)13(3)22-16/h11,14,17H,4-10H2,1-3H3/t11-,14-/m0/s1. The number of nitrogens with one attached hydrogen (secondary N) is 1. The highest BCUT2D eigenvalue weighted by Crippen LogP contribution is 2.26. The number of carbonyl (C=O) groups excluding carboxylic acids is 1. The third-order valence-corrected chi connectivity index (χ3v) is 5.99. The van der Waals surface area contributed by atoms with Crippen LogP contribution in [0.4, 0.5) is 5.13 Å². The molecule has 6 heteroatoms. The summed E-state index contributed by atoms with van der Waals surface area (Å²) in [5.41, 5.74) is 1.13. The smallest absolute Gasteiger partial charge is 0.225 e. The number of aryl methyl sites for hydroxylation is 2. The van der Waals surface area contributed by atoms with Crippen molar-refractivity contribution in [3.05, 3.63) is 10.6 Å². The van der Waals surface area contributed by atoms with Crippen LogP contribution in [0, 0.1) is 19.8 Å². The van der Waals surface area contributed by atoms with Gasteiger partial charge in [0, 0.05) is 43.0 Å². The van der Waals surface area contributed by atoms with E-state index < -0.39 is 0 Å². The highest BCUT2D eigenvalue weighted by molar-refractivity contribution is 7.15. The van der Waals surface area contributed by atoms with Crippen molar-refractivity contribution in [1.82, 2.24) is 15.2 Å². The molecule has 2 aliphatic heterocycles. The quantitative estimate of drug-likeness (QED) is 0.902. The van der Waals surface area contributed by atoms with E-state index >= 15 is 0 Å². The molecule has 2 aliphatic rings. The molecule has 3 heterocycles. The summed E-state index contributed by atoms with van der Waals surface area (Å²) in [6.07, 6.45) is 1.96. The van der Waals surface area contributed by atoms with Crippen molar-refractivity contribution in [1.29, 1.82) is 0 Å². The lowest BCUT2D eigenvalue weighted by Gasteiger charge is -2.38. The number of piperidine rings is 1. The molecule has 0 radical (unpaired) electrons. The lowest BCUT2D eigenvalue weighted by molar-refractivity contribution is -0.137. The number of amides is 1. The fourth-order valence-corrected chi connectivity index (χ4v) is 4.29. The average Bonchev–Trinajstić information content (AvgIpc) is 2.86. The Bertz CT molecular complexity index is 517. The van der Waals surface area contributed by atoms with Gasteiger partial charge in [-0.3, -0.25) is 4.79 Å². The van der Waals surface area contributed by atoms with Crippen LogP contribution in [0.2, 0.25) is 0 Å². The minimum absolute atomic E-state index is 0.215. The minimum Gasteiger partial charge on any atom is -0.345 e. The summed E-state index contributed by atoms with van der Waals surface area (Å²) in [5, 5.41) is 4.53. The number of hydrogen-bond donors (Lipinski definition) is 1. The fraction of sp³-hybridized carbons (Fsp3) is 0.750. The van der Waals surface area contributed by atoms with Gasteiger partial charge < -0.3 is 15.1 Å².